The summed E-state index contributed by atoms with van der Waals surface area (Å²) in [6, 6.07) is 6.97. The van der Waals surface area contributed by atoms with Crippen molar-refractivity contribution in [3.8, 4) is 6.07 Å². The summed E-state index contributed by atoms with van der Waals surface area (Å²) in [6.07, 6.45) is 0. The number of halogens is 2. The number of nitrogens with zero attached hydrogens (tertiary/aromatic N) is 1. The second-order valence-electron chi connectivity index (χ2n) is 4.62. The summed E-state index contributed by atoms with van der Waals surface area (Å²) in [5, 5.41) is 10.1. The Morgan fingerprint density at radius 2 is 2.05 bits per heavy atom. The molecule has 2 N–H and O–H groups in total. The van der Waals surface area contributed by atoms with Gasteiger partial charge < -0.3 is 10.5 Å². The number of nitrogens with two attached hydrogens (primary N) is 1. The van der Waals surface area contributed by atoms with Crippen molar-refractivity contribution in [2.24, 2.45) is 5.73 Å². The minimum absolute atomic E-state index is 0.00364. The van der Waals surface area contributed by atoms with Crippen LogP contribution in [0.25, 0.3) is 0 Å². The molecule has 1 aromatic carbocycles. The van der Waals surface area contributed by atoms with Gasteiger partial charge in [0, 0.05) is 5.57 Å². The van der Waals surface area contributed by atoms with Gasteiger partial charge in [-0.25, -0.2) is 0 Å². The molecular formula is C15H12Cl2N2O2. The van der Waals surface area contributed by atoms with Crippen LogP contribution in [-0.2, 0) is 9.53 Å². The Morgan fingerprint density at radius 3 is 2.57 bits per heavy atom. The average Bonchev–Trinajstić information content (AvgIpc) is 2.40. The van der Waals surface area contributed by atoms with Crippen molar-refractivity contribution < 1.29 is 9.53 Å². The highest BCUT2D eigenvalue weighted by Gasteiger charge is 2.33. The molecule has 0 fully saturated rings. The Bertz CT molecular complexity index is 730. The highest BCUT2D eigenvalue weighted by Crippen LogP contribution is 2.40. The van der Waals surface area contributed by atoms with E-state index in [1.807, 2.05) is 6.07 Å². The van der Waals surface area contributed by atoms with E-state index in [4.69, 9.17) is 33.7 Å². The van der Waals surface area contributed by atoms with Crippen molar-refractivity contribution in [3.63, 3.8) is 0 Å². The molecular weight excluding hydrogens is 311 g/mol. The molecule has 21 heavy (non-hydrogen) atoms. The van der Waals surface area contributed by atoms with Gasteiger partial charge in [0.25, 0.3) is 0 Å². The monoisotopic (exact) mass is 322 g/mol. The second-order valence-corrected chi connectivity index (χ2v) is 5.44. The predicted molar refractivity (Wildman–Crippen MR) is 80.5 cm³/mol. The fraction of sp³-hybridized carbons (Fsp3) is 0.200. The number of allylic oxidation sites excluding steroid dienone is 3. The van der Waals surface area contributed by atoms with E-state index in [2.05, 4.69) is 0 Å². The number of carbonyl (C=O) groups excluding carboxylic acids is 1. The molecule has 0 aliphatic carbocycles. The van der Waals surface area contributed by atoms with Crippen LogP contribution in [0.2, 0.25) is 10.0 Å². The van der Waals surface area contributed by atoms with Gasteiger partial charge in [-0.1, -0.05) is 29.3 Å². The van der Waals surface area contributed by atoms with E-state index in [0.29, 0.717) is 26.9 Å². The van der Waals surface area contributed by atoms with Crippen molar-refractivity contribution in [3.05, 3.63) is 56.6 Å². The number of benzene rings is 1. The lowest BCUT2D eigenvalue weighted by atomic mass is 9.81. The van der Waals surface area contributed by atoms with E-state index < -0.39 is 5.92 Å². The standard InChI is InChI=1S/C15H12Cl2N2O2/c1-7(20)13-8(2)21-15(19)10(6-18)14(13)9-3-4-11(16)12(17)5-9/h3-5,14H,19H2,1-2H3/t14-/m0/s1. The van der Waals surface area contributed by atoms with Gasteiger partial charge in [-0.05, 0) is 31.5 Å². The number of nitriles is 1. The minimum atomic E-state index is -0.601. The van der Waals surface area contributed by atoms with Gasteiger partial charge in [-0.3, -0.25) is 4.79 Å². The maximum Gasteiger partial charge on any atom is 0.205 e. The smallest absolute Gasteiger partial charge is 0.205 e. The Morgan fingerprint density at radius 1 is 1.38 bits per heavy atom. The third-order valence-corrected chi connectivity index (χ3v) is 4.00. The molecule has 0 bridgehead atoms. The van der Waals surface area contributed by atoms with E-state index in [0.717, 1.165) is 0 Å². The zero-order chi connectivity index (χ0) is 15.7. The summed E-state index contributed by atoms with van der Waals surface area (Å²) in [4.78, 5) is 11.9. The SMILES string of the molecule is CC(=O)C1=C(C)OC(N)=C(C#N)[C@@H]1c1ccc(Cl)c(Cl)c1. The van der Waals surface area contributed by atoms with Gasteiger partial charge >= 0.3 is 0 Å². The van der Waals surface area contributed by atoms with Crippen LogP contribution in [0, 0.1) is 11.3 Å². The maximum atomic E-state index is 11.9. The Kier molecular flexibility index (Phi) is 4.26. The second kappa shape index (κ2) is 5.80. The summed E-state index contributed by atoms with van der Waals surface area (Å²) in [5.74, 6) is -0.411. The predicted octanol–water partition coefficient (Wildman–Crippen LogP) is 3.66. The largest absolute Gasteiger partial charge is 0.445 e. The molecule has 2 rings (SSSR count). The molecule has 1 aliphatic heterocycles. The van der Waals surface area contributed by atoms with Crippen LogP contribution >= 0.6 is 23.2 Å². The first-order valence-electron chi connectivity index (χ1n) is 6.11. The zero-order valence-electron chi connectivity index (χ0n) is 11.4. The molecule has 6 heteroatoms. The van der Waals surface area contributed by atoms with Crippen LogP contribution in [0.15, 0.2) is 41.0 Å². The van der Waals surface area contributed by atoms with E-state index in [9.17, 15) is 10.1 Å². The van der Waals surface area contributed by atoms with Gasteiger partial charge in [0.2, 0.25) is 5.88 Å². The molecule has 0 saturated carbocycles. The molecule has 0 aromatic heterocycles. The molecule has 1 aliphatic rings. The average molecular weight is 323 g/mol. The molecule has 108 valence electrons. The molecule has 0 unspecified atom stereocenters. The van der Waals surface area contributed by atoms with E-state index in [1.165, 1.54) is 6.92 Å². The lowest BCUT2D eigenvalue weighted by Crippen LogP contribution is -2.23. The fourth-order valence-corrected chi connectivity index (χ4v) is 2.67. The van der Waals surface area contributed by atoms with Gasteiger partial charge in [0.15, 0.2) is 5.78 Å². The van der Waals surface area contributed by atoms with Gasteiger partial charge in [0.1, 0.15) is 17.4 Å². The van der Waals surface area contributed by atoms with Crippen LogP contribution in [0.3, 0.4) is 0 Å². The van der Waals surface area contributed by atoms with Crippen molar-refractivity contribution in [2.75, 3.05) is 0 Å². The number of Topliss-reactive ketones (excluding diaryl/α,β-unsaturated/α-hetero) is 1. The molecule has 1 heterocycles. The van der Waals surface area contributed by atoms with Gasteiger partial charge in [-0.15, -0.1) is 0 Å². The molecule has 0 radical (unpaired) electrons. The number of rotatable bonds is 2. The first kappa shape index (κ1) is 15.4. The molecule has 0 saturated heterocycles. The molecule has 1 aromatic rings. The topological polar surface area (TPSA) is 76.1 Å². The summed E-state index contributed by atoms with van der Waals surface area (Å²) in [6.45, 7) is 3.06. The summed E-state index contributed by atoms with van der Waals surface area (Å²) in [5.41, 5.74) is 7.00. The molecule has 1 atom stereocenters. The van der Waals surface area contributed by atoms with Crippen molar-refractivity contribution in [2.45, 2.75) is 19.8 Å². The Labute approximate surface area is 132 Å². The van der Waals surface area contributed by atoms with Crippen molar-refractivity contribution >= 4 is 29.0 Å². The fourth-order valence-electron chi connectivity index (χ4n) is 2.36. The number of ether oxygens (including phenoxy) is 1. The Balaban J connectivity index is 2.68. The molecule has 0 amide bonds. The van der Waals surface area contributed by atoms with Crippen LogP contribution < -0.4 is 5.73 Å². The number of ketones is 1. The molecule has 0 spiro atoms. The summed E-state index contributed by atoms with van der Waals surface area (Å²) < 4.78 is 5.30. The van der Waals surface area contributed by atoms with Crippen molar-refractivity contribution in [1.29, 1.82) is 5.26 Å². The number of carbonyl (C=O) groups is 1. The lowest BCUT2D eigenvalue weighted by Gasteiger charge is -2.26. The highest BCUT2D eigenvalue weighted by molar-refractivity contribution is 6.42. The van der Waals surface area contributed by atoms with Crippen LogP contribution in [0.1, 0.15) is 25.3 Å². The zero-order valence-corrected chi connectivity index (χ0v) is 12.9. The number of hydrogen-bond acceptors (Lipinski definition) is 4. The third-order valence-electron chi connectivity index (χ3n) is 3.26. The van der Waals surface area contributed by atoms with Crippen molar-refractivity contribution in [1.82, 2.24) is 0 Å². The van der Waals surface area contributed by atoms with Gasteiger partial charge in [0.05, 0.1) is 16.0 Å². The number of hydrogen-bond donors (Lipinski definition) is 1. The first-order chi connectivity index (χ1) is 9.86. The molecule has 4 nitrogen and oxygen atoms in total. The normalized spacial score (nSPS) is 18.3. The summed E-state index contributed by atoms with van der Waals surface area (Å²) in [7, 11) is 0. The third kappa shape index (κ3) is 2.76. The van der Waals surface area contributed by atoms with Crippen LogP contribution in [0.4, 0.5) is 0 Å². The van der Waals surface area contributed by atoms with Crippen LogP contribution in [0.5, 0.6) is 0 Å². The quantitative estimate of drug-likeness (QED) is 0.901. The van der Waals surface area contributed by atoms with Gasteiger partial charge in [-0.2, -0.15) is 5.26 Å². The van der Waals surface area contributed by atoms with E-state index >= 15 is 0 Å². The highest BCUT2D eigenvalue weighted by atomic mass is 35.5. The minimum Gasteiger partial charge on any atom is -0.445 e. The van der Waals surface area contributed by atoms with E-state index in [1.54, 1.807) is 25.1 Å². The van der Waals surface area contributed by atoms with E-state index in [-0.39, 0.29) is 17.2 Å². The summed E-state index contributed by atoms with van der Waals surface area (Å²) >= 11 is 11.9. The Hall–Kier alpha value is -1.96. The van der Waals surface area contributed by atoms with Crippen LogP contribution in [-0.4, -0.2) is 5.78 Å². The lowest BCUT2D eigenvalue weighted by molar-refractivity contribution is -0.114. The maximum absolute atomic E-state index is 11.9. The first-order valence-corrected chi connectivity index (χ1v) is 6.86.